The summed E-state index contributed by atoms with van der Waals surface area (Å²) in [7, 11) is -2.92. The molecule has 10 nitrogen and oxygen atoms in total. The van der Waals surface area contributed by atoms with Crippen molar-refractivity contribution >= 4 is 43.5 Å². The number of carbonyl (C=O) groups excluding carboxylic acids is 2. The molecule has 2 heterocycles. The molecular formula is C28H37BrN4O6S. The summed E-state index contributed by atoms with van der Waals surface area (Å²) in [5, 5.41) is 6.38. The second-order valence-corrected chi connectivity index (χ2v) is 14.0. The Hall–Kier alpha value is -2.83. The Balaban J connectivity index is 1.46. The molecule has 0 spiro atoms. The van der Waals surface area contributed by atoms with Gasteiger partial charge in [-0.15, -0.1) is 0 Å². The Morgan fingerprint density at radius 3 is 2.33 bits per heavy atom. The van der Waals surface area contributed by atoms with Crippen LogP contribution in [-0.4, -0.2) is 86.8 Å². The van der Waals surface area contributed by atoms with Crippen LogP contribution in [0, 0.1) is 0 Å². The number of nitrogens with zero attached hydrogens (tertiary/aromatic N) is 3. The lowest BCUT2D eigenvalue weighted by Gasteiger charge is -2.33. The van der Waals surface area contributed by atoms with Crippen molar-refractivity contribution in [3.63, 3.8) is 0 Å². The van der Waals surface area contributed by atoms with Crippen molar-refractivity contribution in [2.75, 3.05) is 55.8 Å². The van der Waals surface area contributed by atoms with Gasteiger partial charge in [-0.05, 0) is 73.0 Å². The Kier molecular flexibility index (Phi) is 9.63. The first-order valence-electron chi connectivity index (χ1n) is 13.4. The smallest absolute Gasteiger partial charge is 0.408 e. The number of sulfone groups is 1. The molecule has 0 unspecified atom stereocenters. The summed E-state index contributed by atoms with van der Waals surface area (Å²) in [6.07, 6.45) is 0.114. The highest BCUT2D eigenvalue weighted by atomic mass is 79.9. The van der Waals surface area contributed by atoms with Crippen molar-refractivity contribution in [2.45, 2.75) is 38.8 Å². The van der Waals surface area contributed by atoms with Gasteiger partial charge in [-0.2, -0.15) is 0 Å². The van der Waals surface area contributed by atoms with E-state index < -0.39 is 27.6 Å². The van der Waals surface area contributed by atoms with Gasteiger partial charge in [-0.1, -0.05) is 24.3 Å². The summed E-state index contributed by atoms with van der Waals surface area (Å²) in [4.78, 5) is 28.8. The van der Waals surface area contributed by atoms with Crippen LogP contribution in [0.2, 0.25) is 0 Å². The monoisotopic (exact) mass is 636 g/mol. The number of hydrazine groups is 1. The molecule has 2 amide bonds. The van der Waals surface area contributed by atoms with E-state index in [1.807, 2.05) is 29.3 Å². The standard InChI is InChI=1S/C28H37BrN4O6S/c1-28(2,3)39-27(35)30-25(26(34)33-14-6-13-32(33)24-8-5-4-7-23(24)29)21-9-11-22(12-10-21)38-18-15-31-16-19-40(36,37)20-17-31/h4-5,7-12,25H,6,13-20H2,1-3H3,(H,30,35)/t25-/m0/s1. The summed E-state index contributed by atoms with van der Waals surface area (Å²) in [5.41, 5.74) is 0.755. The van der Waals surface area contributed by atoms with E-state index in [2.05, 4.69) is 26.1 Å². The van der Waals surface area contributed by atoms with Gasteiger partial charge < -0.3 is 14.8 Å². The van der Waals surface area contributed by atoms with E-state index in [9.17, 15) is 18.0 Å². The fourth-order valence-electron chi connectivity index (χ4n) is 4.64. The van der Waals surface area contributed by atoms with Gasteiger partial charge in [0, 0.05) is 37.2 Å². The Labute approximate surface area is 244 Å². The molecule has 2 aliphatic heterocycles. The van der Waals surface area contributed by atoms with Gasteiger partial charge in [0.2, 0.25) is 0 Å². The molecule has 2 saturated heterocycles. The van der Waals surface area contributed by atoms with E-state index in [0.29, 0.717) is 50.6 Å². The maximum atomic E-state index is 13.9. The quantitative estimate of drug-likeness (QED) is 0.466. The van der Waals surface area contributed by atoms with Gasteiger partial charge >= 0.3 is 6.09 Å². The van der Waals surface area contributed by atoms with Crippen LogP contribution in [0.4, 0.5) is 10.5 Å². The van der Waals surface area contributed by atoms with Crippen LogP contribution in [0.3, 0.4) is 0 Å². The molecule has 40 heavy (non-hydrogen) atoms. The normalized spacial score (nSPS) is 18.3. The number of rotatable bonds is 8. The number of hydrogen-bond acceptors (Lipinski definition) is 8. The molecule has 0 aromatic heterocycles. The highest BCUT2D eigenvalue weighted by Crippen LogP contribution is 2.31. The highest BCUT2D eigenvalue weighted by Gasteiger charge is 2.35. The average molecular weight is 638 g/mol. The number of para-hydroxylation sites is 1. The first kappa shape index (κ1) is 30.1. The molecule has 2 aromatic rings. The molecule has 218 valence electrons. The second-order valence-electron chi connectivity index (χ2n) is 10.9. The Morgan fingerprint density at radius 2 is 1.68 bits per heavy atom. The van der Waals surface area contributed by atoms with Gasteiger partial charge in [0.05, 0.1) is 17.2 Å². The van der Waals surface area contributed by atoms with Crippen LogP contribution in [0.5, 0.6) is 5.75 Å². The van der Waals surface area contributed by atoms with Gasteiger partial charge in [0.25, 0.3) is 5.91 Å². The molecule has 0 aliphatic carbocycles. The molecule has 2 aliphatic rings. The maximum Gasteiger partial charge on any atom is 0.408 e. The Morgan fingerprint density at radius 1 is 1.00 bits per heavy atom. The third-order valence-corrected chi connectivity index (χ3v) is 8.93. The van der Waals surface area contributed by atoms with E-state index in [1.54, 1.807) is 50.0 Å². The summed E-state index contributed by atoms with van der Waals surface area (Å²) >= 11 is 3.58. The number of benzene rings is 2. The van der Waals surface area contributed by atoms with Gasteiger partial charge in [-0.3, -0.25) is 19.7 Å². The van der Waals surface area contributed by atoms with Crippen molar-refractivity contribution in [1.82, 2.24) is 15.2 Å². The minimum atomic E-state index is -2.92. The molecule has 12 heteroatoms. The number of nitrogens with one attached hydrogen (secondary N) is 1. The maximum absolute atomic E-state index is 13.9. The van der Waals surface area contributed by atoms with Crippen molar-refractivity contribution < 1.29 is 27.5 Å². The Bertz CT molecular complexity index is 1280. The zero-order valence-corrected chi connectivity index (χ0v) is 25.5. The van der Waals surface area contributed by atoms with Crippen LogP contribution in [0.25, 0.3) is 0 Å². The molecule has 1 N–H and O–H groups in total. The molecule has 4 rings (SSSR count). The fraction of sp³-hybridized carbons (Fsp3) is 0.500. The topological polar surface area (TPSA) is 108 Å². The molecule has 0 bridgehead atoms. The summed E-state index contributed by atoms with van der Waals surface area (Å²) in [6, 6.07) is 13.8. The number of amides is 2. The van der Waals surface area contributed by atoms with Crippen molar-refractivity contribution in [3.05, 3.63) is 58.6 Å². The number of halogens is 1. The van der Waals surface area contributed by atoms with Crippen LogP contribution < -0.4 is 15.1 Å². The van der Waals surface area contributed by atoms with E-state index in [4.69, 9.17) is 9.47 Å². The first-order chi connectivity index (χ1) is 18.9. The molecular weight excluding hydrogens is 600 g/mol. The van der Waals surface area contributed by atoms with E-state index in [-0.39, 0.29) is 17.4 Å². The molecule has 2 aromatic carbocycles. The van der Waals surface area contributed by atoms with Crippen molar-refractivity contribution in [3.8, 4) is 5.75 Å². The van der Waals surface area contributed by atoms with Crippen LogP contribution >= 0.6 is 15.9 Å². The largest absolute Gasteiger partial charge is 0.492 e. The predicted molar refractivity (Wildman–Crippen MR) is 157 cm³/mol. The van der Waals surface area contributed by atoms with E-state index >= 15 is 0 Å². The lowest BCUT2D eigenvalue weighted by molar-refractivity contribution is -0.133. The van der Waals surface area contributed by atoms with Crippen LogP contribution in [0.1, 0.15) is 38.8 Å². The predicted octanol–water partition coefficient (Wildman–Crippen LogP) is 3.78. The zero-order valence-electron chi connectivity index (χ0n) is 23.1. The summed E-state index contributed by atoms with van der Waals surface area (Å²) < 4.78 is 35.5. The molecule has 1 atom stereocenters. The number of alkyl carbamates (subject to hydrolysis) is 1. The summed E-state index contributed by atoms with van der Waals surface area (Å²) in [5.74, 6) is 0.704. The van der Waals surface area contributed by atoms with E-state index in [0.717, 1.165) is 16.6 Å². The van der Waals surface area contributed by atoms with Crippen LogP contribution in [0.15, 0.2) is 53.0 Å². The van der Waals surface area contributed by atoms with Gasteiger partial charge in [0.1, 0.15) is 24.0 Å². The zero-order chi connectivity index (χ0) is 28.9. The third kappa shape index (κ3) is 8.11. The second kappa shape index (κ2) is 12.8. The third-order valence-electron chi connectivity index (χ3n) is 6.65. The lowest BCUT2D eigenvalue weighted by atomic mass is 10.1. The average Bonchev–Trinajstić information content (AvgIpc) is 3.37. The highest BCUT2D eigenvalue weighted by molar-refractivity contribution is 9.10. The number of hydrogen-bond donors (Lipinski definition) is 1. The number of ether oxygens (including phenoxy) is 2. The molecule has 2 fully saturated rings. The SMILES string of the molecule is CC(C)(C)OC(=O)N[C@H](C(=O)N1CCCN1c1ccccc1Br)c1ccc(OCCN2CCS(=O)(=O)CC2)cc1. The van der Waals surface area contributed by atoms with Crippen molar-refractivity contribution in [1.29, 1.82) is 0 Å². The summed E-state index contributed by atoms with van der Waals surface area (Å²) in [6.45, 7) is 8.56. The fourth-order valence-corrected chi connectivity index (χ4v) is 6.40. The van der Waals surface area contributed by atoms with Gasteiger partial charge in [-0.25, -0.2) is 13.2 Å². The number of carbonyl (C=O) groups is 2. The lowest BCUT2D eigenvalue weighted by Crippen LogP contribution is -2.49. The number of anilines is 1. The minimum absolute atomic E-state index is 0.178. The van der Waals surface area contributed by atoms with Gasteiger partial charge in [0.15, 0.2) is 9.84 Å². The van der Waals surface area contributed by atoms with Crippen molar-refractivity contribution in [2.24, 2.45) is 0 Å². The molecule has 0 saturated carbocycles. The first-order valence-corrected chi connectivity index (χ1v) is 16.0. The molecule has 0 radical (unpaired) electrons. The minimum Gasteiger partial charge on any atom is -0.492 e. The van der Waals surface area contributed by atoms with Crippen LogP contribution in [-0.2, 0) is 19.4 Å². The van der Waals surface area contributed by atoms with E-state index in [1.165, 1.54) is 0 Å².